The zero-order valence-electron chi connectivity index (χ0n) is 26.3. The average molecular weight is 829 g/mol. The first-order valence-electron chi connectivity index (χ1n) is 14.3. The van der Waals surface area contributed by atoms with Gasteiger partial charge in [0.15, 0.2) is 69.8 Å². The first-order valence-corrected chi connectivity index (χ1v) is 14.3. The lowest BCUT2D eigenvalue weighted by molar-refractivity contribution is -0.868. The Balaban J connectivity index is 0.000000463. The van der Waals surface area contributed by atoms with Gasteiger partial charge in [0.05, 0.1) is 4.73 Å². The molecule has 5 aromatic carbocycles. The molecular formula is C32H8BF20NO2. The standard InChI is InChI=1S/C24BF20.C8H8NO2/c26-5-1(6(27)14(35)21(42)13(5)34)25(2-7(28)15(36)22(43)16(37)8(2)29,3-9(30)17(38)23(44)18(39)10(3)31)4-11(32)19(40)24(45)20(41)12(4)33;1-10-9-6-11-8-5-3-2-4-7(8)9/h;2-6H,1H3/q-1;+1. The van der Waals surface area contributed by atoms with Gasteiger partial charge in [-0.15, -0.1) is 21.9 Å². The Hall–Kier alpha value is -5.97. The lowest BCUT2D eigenvalue weighted by atomic mass is 9.12. The Bertz CT molecular complexity index is 2210. The molecule has 6 aromatic rings. The third-order valence-corrected chi connectivity index (χ3v) is 8.28. The van der Waals surface area contributed by atoms with Crippen LogP contribution in [0.2, 0.25) is 0 Å². The lowest BCUT2D eigenvalue weighted by Crippen LogP contribution is -2.81. The third-order valence-electron chi connectivity index (χ3n) is 8.28. The van der Waals surface area contributed by atoms with Gasteiger partial charge in [-0.2, -0.15) is 0 Å². The highest BCUT2D eigenvalue weighted by molar-refractivity contribution is 7.20. The zero-order valence-corrected chi connectivity index (χ0v) is 26.3. The van der Waals surface area contributed by atoms with Gasteiger partial charge in [-0.05, 0) is 6.07 Å². The average Bonchev–Trinajstić information content (AvgIpc) is 3.61. The van der Waals surface area contributed by atoms with Gasteiger partial charge >= 0.3 is 11.9 Å². The van der Waals surface area contributed by atoms with Gasteiger partial charge in [-0.3, -0.25) is 4.84 Å². The van der Waals surface area contributed by atoms with Crippen LogP contribution in [0.15, 0.2) is 35.1 Å². The van der Waals surface area contributed by atoms with Crippen LogP contribution in [0.4, 0.5) is 87.8 Å². The van der Waals surface area contributed by atoms with Crippen molar-refractivity contribution in [1.82, 2.24) is 0 Å². The molecule has 0 fully saturated rings. The van der Waals surface area contributed by atoms with E-state index in [1.165, 1.54) is 6.39 Å². The predicted molar refractivity (Wildman–Crippen MR) is 148 cm³/mol. The van der Waals surface area contributed by atoms with Crippen LogP contribution in [0.25, 0.3) is 11.1 Å². The maximum absolute atomic E-state index is 15.4. The summed E-state index contributed by atoms with van der Waals surface area (Å²) < 4.78 is 301. The summed E-state index contributed by atoms with van der Waals surface area (Å²) in [7, 11) is 1.60. The quantitative estimate of drug-likeness (QED) is 0.0643. The van der Waals surface area contributed by atoms with Crippen LogP contribution >= 0.6 is 0 Å². The van der Waals surface area contributed by atoms with Crippen LogP contribution in [0.1, 0.15) is 0 Å². The maximum atomic E-state index is 15.4. The molecule has 0 aliphatic rings. The van der Waals surface area contributed by atoms with Crippen LogP contribution in [0, 0.1) is 116 Å². The highest BCUT2D eigenvalue weighted by Gasteiger charge is 2.52. The van der Waals surface area contributed by atoms with Gasteiger partial charge in [0, 0.05) is 6.07 Å². The van der Waals surface area contributed by atoms with Gasteiger partial charge in [-0.25, -0.2) is 87.8 Å². The molecule has 1 heterocycles. The number of benzene rings is 5. The minimum atomic E-state index is -7.22. The van der Waals surface area contributed by atoms with Crippen molar-refractivity contribution >= 4 is 39.1 Å². The van der Waals surface area contributed by atoms with Gasteiger partial charge in [0.1, 0.15) is 59.8 Å². The fraction of sp³-hybridized carbons (Fsp3) is 0.0312. The number of hydrogen-bond donors (Lipinski definition) is 0. The summed E-state index contributed by atoms with van der Waals surface area (Å²) in [6.07, 6.45) is -5.68. The number of hydrogen-bond acceptors (Lipinski definition) is 2. The molecule has 0 aliphatic heterocycles. The van der Waals surface area contributed by atoms with Gasteiger partial charge < -0.3 is 4.42 Å². The molecule has 6 rings (SSSR count). The van der Waals surface area contributed by atoms with E-state index < -0.39 is 144 Å². The van der Waals surface area contributed by atoms with Crippen molar-refractivity contribution in [3.8, 4) is 0 Å². The van der Waals surface area contributed by atoms with E-state index in [0.29, 0.717) is 0 Å². The van der Waals surface area contributed by atoms with Crippen LogP contribution in [-0.2, 0) is 0 Å². The predicted octanol–water partition coefficient (Wildman–Crippen LogP) is 6.62. The number of aromatic nitrogens is 1. The van der Waals surface area contributed by atoms with E-state index in [0.717, 1.165) is 11.1 Å². The SMILES string of the molecule is CO[n+]1coc2ccccc21.Fc1c(F)c(F)c([B-](c2c(F)c(F)c(F)c(F)c2F)(c2c(F)c(F)c(F)c(F)c2F)c2c(F)c(F)c(F)c(F)c2F)c(F)c1F. The summed E-state index contributed by atoms with van der Waals surface area (Å²) in [4.78, 5) is 4.99. The van der Waals surface area contributed by atoms with Crippen LogP contribution in [-0.4, -0.2) is 13.3 Å². The molecule has 0 N–H and O–H groups in total. The third kappa shape index (κ3) is 5.74. The van der Waals surface area contributed by atoms with Crippen molar-refractivity contribution in [2.45, 2.75) is 0 Å². The number of halogens is 20. The van der Waals surface area contributed by atoms with Gasteiger partial charge in [-0.1, -0.05) is 12.1 Å². The lowest BCUT2D eigenvalue weighted by Gasteiger charge is -2.44. The van der Waals surface area contributed by atoms with Crippen molar-refractivity contribution in [2.24, 2.45) is 0 Å². The van der Waals surface area contributed by atoms with E-state index in [1.807, 2.05) is 24.3 Å². The van der Waals surface area contributed by atoms with Crippen molar-refractivity contribution < 1.29 is 102 Å². The fourth-order valence-corrected chi connectivity index (χ4v) is 5.92. The Morgan fingerprint density at radius 1 is 0.375 bits per heavy atom. The second-order valence-corrected chi connectivity index (χ2v) is 11.0. The van der Waals surface area contributed by atoms with Crippen molar-refractivity contribution in [1.29, 1.82) is 0 Å². The highest BCUT2D eigenvalue weighted by Crippen LogP contribution is 2.30. The summed E-state index contributed by atoms with van der Waals surface area (Å²) in [5.41, 5.74) is -12.6. The number of fused-ring (bicyclic) bond motifs is 1. The monoisotopic (exact) mass is 829 g/mol. The molecule has 24 heteroatoms. The number of nitrogens with zero attached hydrogens (tertiary/aromatic N) is 1. The van der Waals surface area contributed by atoms with Crippen molar-refractivity contribution in [3.05, 3.63) is 147 Å². The van der Waals surface area contributed by atoms with E-state index in [-0.39, 0.29) is 0 Å². The Labute approximate surface area is 295 Å². The molecule has 1 aromatic heterocycles. The molecular weight excluding hydrogens is 821 g/mol. The molecule has 0 amide bonds. The van der Waals surface area contributed by atoms with E-state index in [4.69, 9.17) is 9.25 Å². The Morgan fingerprint density at radius 2 is 0.607 bits per heavy atom. The minimum Gasteiger partial charge on any atom is -0.400 e. The molecule has 0 saturated heterocycles. The molecule has 0 aliphatic carbocycles. The largest absolute Gasteiger partial charge is 0.400 e. The van der Waals surface area contributed by atoms with E-state index in [2.05, 4.69) is 0 Å². The second-order valence-electron chi connectivity index (χ2n) is 11.0. The molecule has 0 saturated carbocycles. The number of para-hydroxylation sites is 2. The normalized spacial score (nSPS) is 11.7. The van der Waals surface area contributed by atoms with Crippen LogP contribution in [0.3, 0.4) is 0 Å². The smallest absolute Gasteiger partial charge is 0.385 e. The van der Waals surface area contributed by atoms with Crippen molar-refractivity contribution in [2.75, 3.05) is 7.11 Å². The van der Waals surface area contributed by atoms with E-state index in [1.54, 1.807) is 11.8 Å². The Morgan fingerprint density at radius 3 is 0.857 bits per heavy atom. The highest BCUT2D eigenvalue weighted by atomic mass is 19.2. The fourth-order valence-electron chi connectivity index (χ4n) is 5.92. The first kappa shape index (κ1) is 41.2. The first-order chi connectivity index (χ1) is 26.1. The molecule has 0 atom stereocenters. The summed E-state index contributed by atoms with van der Waals surface area (Å²) in [5.74, 6) is -71.4. The topological polar surface area (TPSA) is 26.2 Å². The maximum Gasteiger partial charge on any atom is 0.385 e. The molecule has 0 radical (unpaired) electrons. The molecule has 0 spiro atoms. The molecule has 0 unspecified atom stereocenters. The number of oxazole rings is 1. The summed E-state index contributed by atoms with van der Waals surface area (Å²) in [5, 5.41) is 0. The number of rotatable bonds is 5. The summed E-state index contributed by atoms with van der Waals surface area (Å²) >= 11 is 0. The van der Waals surface area contributed by atoms with E-state index in [9.17, 15) is 52.7 Å². The Kier molecular flexibility index (Phi) is 10.7. The summed E-state index contributed by atoms with van der Waals surface area (Å²) in [6, 6.07) is 7.69. The summed E-state index contributed by atoms with van der Waals surface area (Å²) in [6.45, 7) is 0. The van der Waals surface area contributed by atoms with Crippen LogP contribution < -0.4 is 31.4 Å². The second kappa shape index (κ2) is 14.6. The molecule has 0 bridgehead atoms. The molecule has 56 heavy (non-hydrogen) atoms. The van der Waals surface area contributed by atoms with Gasteiger partial charge in [0.2, 0.25) is 5.58 Å². The molecule has 296 valence electrons. The van der Waals surface area contributed by atoms with Crippen molar-refractivity contribution in [3.63, 3.8) is 0 Å². The van der Waals surface area contributed by atoms with E-state index >= 15 is 35.1 Å². The zero-order chi connectivity index (χ0) is 42.0. The molecule has 3 nitrogen and oxygen atoms in total. The van der Waals surface area contributed by atoms with Crippen LogP contribution in [0.5, 0.6) is 0 Å². The minimum absolute atomic E-state index is 0.828. The van der Waals surface area contributed by atoms with Gasteiger partial charge in [0.25, 0.3) is 0 Å².